The van der Waals surface area contributed by atoms with Crippen molar-refractivity contribution in [2.45, 2.75) is 25.9 Å². The monoisotopic (exact) mass is 409 g/mol. The number of Topliss-reactive ketones (excluding diaryl/α,β-unsaturated/α-hetero) is 1. The summed E-state index contributed by atoms with van der Waals surface area (Å²) in [6.45, 7) is 3.28. The lowest BCUT2D eigenvalue weighted by molar-refractivity contribution is -0.153. The number of ketones is 1. The predicted octanol–water partition coefficient (Wildman–Crippen LogP) is 2.66. The molecule has 0 aromatic heterocycles. The van der Waals surface area contributed by atoms with Gasteiger partial charge in [0.05, 0.1) is 19.9 Å². The highest BCUT2D eigenvalue weighted by Gasteiger charge is 2.59. The molecular weight excluding hydrogens is 386 g/mol. The summed E-state index contributed by atoms with van der Waals surface area (Å²) < 4.78 is 10.0. The van der Waals surface area contributed by atoms with E-state index in [-0.39, 0.29) is 11.6 Å². The lowest BCUT2D eigenvalue weighted by Crippen LogP contribution is -2.64. The Bertz CT molecular complexity index is 988. The summed E-state index contributed by atoms with van der Waals surface area (Å²) in [4.78, 5) is 39.7. The number of rotatable bonds is 6. The van der Waals surface area contributed by atoms with Crippen molar-refractivity contribution in [3.8, 4) is 0 Å². The van der Waals surface area contributed by atoms with Crippen molar-refractivity contribution in [1.29, 1.82) is 0 Å². The normalized spacial score (nSPS) is 18.1. The van der Waals surface area contributed by atoms with Gasteiger partial charge >= 0.3 is 11.9 Å². The van der Waals surface area contributed by atoms with E-state index in [2.05, 4.69) is 5.10 Å². The Balaban J connectivity index is 2.32. The number of para-hydroxylation sites is 1. The number of nitrogens with zero attached hydrogens (tertiary/aromatic N) is 3. The maximum Gasteiger partial charge on any atom is 0.355 e. The fourth-order valence-corrected chi connectivity index (χ4v) is 3.43. The third-order valence-electron chi connectivity index (χ3n) is 4.87. The van der Waals surface area contributed by atoms with Crippen LogP contribution in [0, 0.1) is 6.92 Å². The number of carbonyl (C=O) groups is 3. The van der Waals surface area contributed by atoms with Crippen LogP contribution < -0.4 is 9.91 Å². The zero-order chi connectivity index (χ0) is 21.9. The van der Waals surface area contributed by atoms with Gasteiger partial charge in [0, 0.05) is 12.6 Å². The summed E-state index contributed by atoms with van der Waals surface area (Å²) in [5.74, 6) is -1.77. The molecule has 0 aliphatic carbocycles. The summed E-state index contributed by atoms with van der Waals surface area (Å²) in [5.41, 5.74) is 0.257. The number of hydrogen-bond donors (Lipinski definition) is 0. The minimum absolute atomic E-state index is 0.0103. The number of esters is 2. The molecule has 3 rings (SSSR count). The van der Waals surface area contributed by atoms with Crippen molar-refractivity contribution < 1.29 is 23.9 Å². The molecule has 0 saturated heterocycles. The fraction of sp³-hybridized carbons (Fsp3) is 0.273. The minimum atomic E-state index is -1.78. The molecule has 8 heteroatoms. The van der Waals surface area contributed by atoms with Gasteiger partial charge in [0.1, 0.15) is 6.42 Å². The second-order valence-electron chi connectivity index (χ2n) is 6.86. The number of benzene rings is 2. The highest BCUT2D eigenvalue weighted by Crippen LogP contribution is 2.40. The van der Waals surface area contributed by atoms with Gasteiger partial charge in [0.15, 0.2) is 11.6 Å². The van der Waals surface area contributed by atoms with Crippen molar-refractivity contribution >= 4 is 34.9 Å². The van der Waals surface area contributed by atoms with Gasteiger partial charge < -0.3 is 9.47 Å². The number of hydrazone groups is 1. The predicted molar refractivity (Wildman–Crippen MR) is 112 cm³/mol. The third-order valence-corrected chi connectivity index (χ3v) is 4.87. The number of methoxy groups -OCH3 is 2. The molecule has 156 valence electrons. The molecule has 0 bridgehead atoms. The van der Waals surface area contributed by atoms with E-state index in [4.69, 9.17) is 9.47 Å². The van der Waals surface area contributed by atoms with Crippen molar-refractivity contribution in [2.24, 2.45) is 5.10 Å². The summed E-state index contributed by atoms with van der Waals surface area (Å²) in [6.07, 6.45) is -0.417. The smallest absolute Gasteiger partial charge is 0.355 e. The number of hydrogen-bond acceptors (Lipinski definition) is 8. The zero-order valence-corrected chi connectivity index (χ0v) is 17.3. The average Bonchev–Trinajstić information content (AvgIpc) is 3.10. The van der Waals surface area contributed by atoms with Crippen LogP contribution in [0.3, 0.4) is 0 Å². The molecule has 1 aliphatic rings. The molecule has 0 unspecified atom stereocenters. The number of amidine groups is 1. The van der Waals surface area contributed by atoms with Gasteiger partial charge in [-0.05, 0) is 31.2 Å². The van der Waals surface area contributed by atoms with Crippen LogP contribution in [-0.4, -0.2) is 43.4 Å². The Hall–Kier alpha value is -3.68. The Morgan fingerprint density at radius 3 is 2.10 bits per heavy atom. The van der Waals surface area contributed by atoms with Crippen LogP contribution in [0.4, 0.5) is 11.4 Å². The number of aryl methyl sites for hydroxylation is 1. The average molecular weight is 409 g/mol. The maximum atomic E-state index is 13.3. The minimum Gasteiger partial charge on any atom is -0.469 e. The van der Waals surface area contributed by atoms with E-state index in [0.717, 1.165) is 5.56 Å². The van der Waals surface area contributed by atoms with E-state index in [1.54, 1.807) is 36.4 Å². The van der Waals surface area contributed by atoms with Crippen LogP contribution in [0.5, 0.6) is 0 Å². The molecule has 0 amide bonds. The summed E-state index contributed by atoms with van der Waals surface area (Å²) >= 11 is 0. The van der Waals surface area contributed by atoms with Crippen LogP contribution in [0.25, 0.3) is 0 Å². The molecule has 30 heavy (non-hydrogen) atoms. The lowest BCUT2D eigenvalue weighted by Gasteiger charge is -2.40. The fourth-order valence-electron chi connectivity index (χ4n) is 3.43. The molecule has 0 N–H and O–H groups in total. The molecule has 1 heterocycles. The number of carbonyl (C=O) groups excluding carboxylic acids is 3. The first-order chi connectivity index (χ1) is 14.3. The van der Waals surface area contributed by atoms with Gasteiger partial charge in [-0.25, -0.2) is 9.80 Å². The zero-order valence-electron chi connectivity index (χ0n) is 17.3. The first kappa shape index (κ1) is 21.0. The van der Waals surface area contributed by atoms with Crippen LogP contribution in [0.2, 0.25) is 0 Å². The highest BCUT2D eigenvalue weighted by molar-refractivity contribution is 6.45. The van der Waals surface area contributed by atoms with Gasteiger partial charge in [-0.3, -0.25) is 14.5 Å². The second-order valence-corrected chi connectivity index (χ2v) is 6.86. The van der Waals surface area contributed by atoms with E-state index in [1.807, 2.05) is 25.1 Å². The van der Waals surface area contributed by atoms with Gasteiger partial charge in [-0.2, -0.15) is 0 Å². The van der Waals surface area contributed by atoms with Crippen molar-refractivity contribution in [3.05, 3.63) is 60.2 Å². The van der Waals surface area contributed by atoms with Gasteiger partial charge in [0.2, 0.25) is 5.66 Å². The van der Waals surface area contributed by atoms with Crippen molar-refractivity contribution in [3.63, 3.8) is 0 Å². The number of ether oxygens (including phenoxy) is 2. The molecule has 1 atom stereocenters. The molecule has 0 radical (unpaired) electrons. The highest BCUT2D eigenvalue weighted by atomic mass is 16.5. The lowest BCUT2D eigenvalue weighted by atomic mass is 10.00. The van der Waals surface area contributed by atoms with Gasteiger partial charge in [-0.15, -0.1) is 5.10 Å². The van der Waals surface area contributed by atoms with Crippen molar-refractivity contribution in [2.75, 3.05) is 24.1 Å². The van der Waals surface area contributed by atoms with Gasteiger partial charge in [0.25, 0.3) is 0 Å². The van der Waals surface area contributed by atoms with Crippen LogP contribution >= 0.6 is 0 Å². The quantitative estimate of drug-likeness (QED) is 0.678. The van der Waals surface area contributed by atoms with E-state index in [1.165, 1.54) is 31.1 Å². The Morgan fingerprint density at radius 1 is 0.933 bits per heavy atom. The Morgan fingerprint density at radius 2 is 1.57 bits per heavy atom. The molecule has 2 aromatic rings. The topological polar surface area (TPSA) is 88.5 Å². The van der Waals surface area contributed by atoms with Gasteiger partial charge in [-0.1, -0.05) is 35.9 Å². The number of anilines is 2. The second kappa shape index (κ2) is 8.36. The van der Waals surface area contributed by atoms with E-state index in [0.29, 0.717) is 11.4 Å². The van der Waals surface area contributed by atoms with Crippen LogP contribution in [0.1, 0.15) is 18.9 Å². The molecule has 0 saturated carbocycles. The van der Waals surface area contributed by atoms with E-state index in [9.17, 15) is 14.4 Å². The van der Waals surface area contributed by atoms with Crippen LogP contribution in [0.15, 0.2) is 59.7 Å². The Labute approximate surface area is 174 Å². The molecule has 8 nitrogen and oxygen atoms in total. The molecule has 0 spiro atoms. The Kier molecular flexibility index (Phi) is 5.86. The summed E-state index contributed by atoms with van der Waals surface area (Å²) in [6, 6.07) is 16.0. The van der Waals surface area contributed by atoms with Crippen molar-refractivity contribution in [1.82, 2.24) is 0 Å². The first-order valence-electron chi connectivity index (χ1n) is 9.32. The third kappa shape index (κ3) is 3.52. The SMILES string of the molecule is COC(=O)C[C@]1(C(=O)OC)N(c2ccc(C)cc2)N=C(C(C)=O)N1c1ccccc1. The summed E-state index contributed by atoms with van der Waals surface area (Å²) in [7, 11) is 2.46. The van der Waals surface area contributed by atoms with E-state index >= 15 is 0 Å². The van der Waals surface area contributed by atoms with E-state index < -0.39 is 24.0 Å². The van der Waals surface area contributed by atoms with Crippen LogP contribution in [-0.2, 0) is 23.9 Å². The standard InChI is InChI=1S/C22H23N3O5/c1-15-10-12-18(13-11-15)25-22(21(28)30-4,14-19(27)29-3)24(20(23-25)16(2)26)17-8-6-5-7-9-17/h5-13H,14H2,1-4H3/t22-/m1/s1. The first-order valence-corrected chi connectivity index (χ1v) is 9.32. The molecule has 2 aromatic carbocycles. The largest absolute Gasteiger partial charge is 0.469 e. The molecule has 0 fully saturated rings. The maximum absolute atomic E-state index is 13.3. The summed E-state index contributed by atoms with van der Waals surface area (Å²) in [5, 5.41) is 5.83. The molecular formula is C22H23N3O5. The molecule has 1 aliphatic heterocycles.